The van der Waals surface area contributed by atoms with Gasteiger partial charge in [-0.25, -0.2) is 0 Å². The highest BCUT2D eigenvalue weighted by atomic mass is 35.5. The second kappa shape index (κ2) is 7.12. The molecule has 1 N–H and O–H groups in total. The molecule has 1 saturated heterocycles. The van der Waals surface area contributed by atoms with E-state index in [2.05, 4.69) is 23.7 Å². The summed E-state index contributed by atoms with van der Waals surface area (Å²) in [5.74, 6) is 0.241. The van der Waals surface area contributed by atoms with Crippen LogP contribution < -0.4 is 5.32 Å². The first kappa shape index (κ1) is 15.5. The van der Waals surface area contributed by atoms with Gasteiger partial charge in [0.05, 0.1) is 6.04 Å². The molecule has 2 unspecified atom stereocenters. The predicted octanol–water partition coefficient (Wildman–Crippen LogP) is 2.83. The molecule has 0 aromatic carbocycles. The molecule has 0 spiro atoms. The first-order chi connectivity index (χ1) is 8.18. The fourth-order valence-electron chi connectivity index (χ4n) is 2.22. The molecule has 1 aliphatic rings. The largest absolute Gasteiger partial charge is 0.338 e. The standard InChI is InChI=1S/C13H20N2OS.ClH/c1-10(12-6-4-8-17-12)15(2)13(16)9-11-5-3-7-14-11;/h4,6,8,10-11,14H,3,5,7,9H2,1-2H3;1H. The molecule has 0 radical (unpaired) electrons. The quantitative estimate of drug-likeness (QED) is 0.924. The Morgan fingerprint density at radius 3 is 3.00 bits per heavy atom. The monoisotopic (exact) mass is 288 g/mol. The fraction of sp³-hybridized carbons (Fsp3) is 0.615. The SMILES string of the molecule is CC(c1cccs1)N(C)C(=O)CC1CCCN1.Cl. The van der Waals surface area contributed by atoms with Crippen molar-refractivity contribution in [2.75, 3.05) is 13.6 Å². The molecule has 0 bridgehead atoms. The highest BCUT2D eigenvalue weighted by Crippen LogP contribution is 2.24. The van der Waals surface area contributed by atoms with Crippen molar-refractivity contribution in [2.24, 2.45) is 0 Å². The lowest BCUT2D eigenvalue weighted by molar-refractivity contribution is -0.132. The van der Waals surface area contributed by atoms with Crippen LogP contribution in [-0.4, -0.2) is 30.4 Å². The molecule has 1 aromatic heterocycles. The molecule has 2 atom stereocenters. The summed E-state index contributed by atoms with van der Waals surface area (Å²) >= 11 is 1.71. The molecule has 1 amide bonds. The van der Waals surface area contributed by atoms with E-state index in [9.17, 15) is 4.79 Å². The number of hydrogen-bond acceptors (Lipinski definition) is 3. The Morgan fingerprint density at radius 1 is 1.67 bits per heavy atom. The maximum atomic E-state index is 12.1. The second-order valence-corrected chi connectivity index (χ2v) is 5.67. The van der Waals surface area contributed by atoms with E-state index in [-0.39, 0.29) is 24.4 Å². The molecule has 5 heteroatoms. The summed E-state index contributed by atoms with van der Waals surface area (Å²) in [6.07, 6.45) is 2.96. The van der Waals surface area contributed by atoms with Crippen LogP contribution in [0.15, 0.2) is 17.5 Å². The lowest BCUT2D eigenvalue weighted by Gasteiger charge is -2.25. The number of rotatable bonds is 4. The number of nitrogens with one attached hydrogen (secondary N) is 1. The molecule has 2 heterocycles. The Labute approximate surface area is 119 Å². The molecular formula is C13H21ClN2OS. The third-order valence-corrected chi connectivity index (χ3v) is 4.56. The fourth-order valence-corrected chi connectivity index (χ4v) is 3.05. The van der Waals surface area contributed by atoms with Crippen molar-refractivity contribution in [3.8, 4) is 0 Å². The van der Waals surface area contributed by atoms with Crippen LogP contribution >= 0.6 is 23.7 Å². The molecule has 102 valence electrons. The Balaban J connectivity index is 0.00000162. The summed E-state index contributed by atoms with van der Waals surface area (Å²) in [5.41, 5.74) is 0. The third kappa shape index (κ3) is 3.70. The summed E-state index contributed by atoms with van der Waals surface area (Å²) in [7, 11) is 1.90. The Morgan fingerprint density at radius 2 is 2.44 bits per heavy atom. The summed E-state index contributed by atoms with van der Waals surface area (Å²) in [5, 5.41) is 5.43. The first-order valence-corrected chi connectivity index (χ1v) is 7.09. The molecule has 2 rings (SSSR count). The van der Waals surface area contributed by atoms with Crippen LogP contribution in [0.5, 0.6) is 0 Å². The van der Waals surface area contributed by atoms with Gasteiger partial charge in [-0.1, -0.05) is 6.07 Å². The molecule has 1 aromatic rings. The average molecular weight is 289 g/mol. The van der Waals surface area contributed by atoms with Crippen LogP contribution in [0.3, 0.4) is 0 Å². The van der Waals surface area contributed by atoms with Gasteiger partial charge in [-0.2, -0.15) is 0 Å². The van der Waals surface area contributed by atoms with Gasteiger partial charge in [0.1, 0.15) is 0 Å². The Kier molecular flexibility index (Phi) is 6.12. The van der Waals surface area contributed by atoms with E-state index in [0.717, 1.165) is 13.0 Å². The summed E-state index contributed by atoms with van der Waals surface area (Å²) in [6.45, 7) is 3.15. The Bertz CT molecular complexity index is 363. The summed E-state index contributed by atoms with van der Waals surface area (Å²) in [4.78, 5) is 15.2. The number of amides is 1. The van der Waals surface area contributed by atoms with Crippen molar-refractivity contribution >= 4 is 29.7 Å². The van der Waals surface area contributed by atoms with E-state index < -0.39 is 0 Å². The van der Waals surface area contributed by atoms with Gasteiger partial charge in [0, 0.05) is 24.4 Å². The zero-order valence-electron chi connectivity index (χ0n) is 10.9. The minimum absolute atomic E-state index is 0. The average Bonchev–Trinajstić information content (AvgIpc) is 2.99. The van der Waals surface area contributed by atoms with Crippen LogP contribution in [0.2, 0.25) is 0 Å². The van der Waals surface area contributed by atoms with E-state index in [0.29, 0.717) is 12.5 Å². The van der Waals surface area contributed by atoms with Crippen molar-refractivity contribution in [1.29, 1.82) is 0 Å². The number of hydrogen-bond donors (Lipinski definition) is 1. The van der Waals surface area contributed by atoms with Crippen LogP contribution in [0.1, 0.15) is 37.1 Å². The number of nitrogens with zero attached hydrogens (tertiary/aromatic N) is 1. The zero-order valence-corrected chi connectivity index (χ0v) is 12.5. The van der Waals surface area contributed by atoms with E-state index in [1.807, 2.05) is 18.0 Å². The van der Waals surface area contributed by atoms with Crippen LogP contribution in [0, 0.1) is 0 Å². The molecule has 3 nitrogen and oxygen atoms in total. The van der Waals surface area contributed by atoms with Gasteiger partial charge < -0.3 is 10.2 Å². The third-order valence-electron chi connectivity index (χ3n) is 3.51. The van der Waals surface area contributed by atoms with Gasteiger partial charge in [0.15, 0.2) is 0 Å². The van der Waals surface area contributed by atoms with Crippen molar-refractivity contribution < 1.29 is 4.79 Å². The van der Waals surface area contributed by atoms with E-state index in [1.165, 1.54) is 11.3 Å². The van der Waals surface area contributed by atoms with Crippen LogP contribution in [0.25, 0.3) is 0 Å². The smallest absolute Gasteiger partial charge is 0.224 e. The minimum Gasteiger partial charge on any atom is -0.338 e. The minimum atomic E-state index is 0. The van der Waals surface area contributed by atoms with Gasteiger partial charge in [0.25, 0.3) is 0 Å². The van der Waals surface area contributed by atoms with Crippen molar-refractivity contribution in [1.82, 2.24) is 10.2 Å². The molecule has 1 aliphatic heterocycles. The van der Waals surface area contributed by atoms with Gasteiger partial charge in [0.2, 0.25) is 5.91 Å². The second-order valence-electron chi connectivity index (χ2n) is 4.69. The van der Waals surface area contributed by atoms with Gasteiger partial charge in [-0.05, 0) is 37.8 Å². The van der Waals surface area contributed by atoms with E-state index in [1.54, 1.807) is 11.3 Å². The van der Waals surface area contributed by atoms with E-state index in [4.69, 9.17) is 0 Å². The maximum absolute atomic E-state index is 12.1. The van der Waals surface area contributed by atoms with Gasteiger partial charge in [-0.3, -0.25) is 4.79 Å². The molecular weight excluding hydrogens is 268 g/mol. The van der Waals surface area contributed by atoms with Gasteiger partial charge in [-0.15, -0.1) is 23.7 Å². The topological polar surface area (TPSA) is 32.3 Å². The number of halogens is 1. The maximum Gasteiger partial charge on any atom is 0.224 e. The van der Waals surface area contributed by atoms with E-state index >= 15 is 0 Å². The van der Waals surface area contributed by atoms with Crippen molar-refractivity contribution in [3.63, 3.8) is 0 Å². The van der Waals surface area contributed by atoms with Crippen LogP contribution in [0.4, 0.5) is 0 Å². The summed E-state index contributed by atoms with van der Waals surface area (Å²) in [6, 6.07) is 4.70. The predicted molar refractivity (Wildman–Crippen MR) is 78.4 cm³/mol. The molecule has 18 heavy (non-hydrogen) atoms. The highest BCUT2D eigenvalue weighted by Gasteiger charge is 2.23. The molecule has 0 saturated carbocycles. The van der Waals surface area contributed by atoms with Crippen molar-refractivity contribution in [2.45, 2.75) is 38.3 Å². The lowest BCUT2D eigenvalue weighted by atomic mass is 10.1. The van der Waals surface area contributed by atoms with Crippen molar-refractivity contribution in [3.05, 3.63) is 22.4 Å². The highest BCUT2D eigenvalue weighted by molar-refractivity contribution is 7.10. The normalized spacial score (nSPS) is 20.2. The Hall–Kier alpha value is -0.580. The molecule has 1 fully saturated rings. The first-order valence-electron chi connectivity index (χ1n) is 6.21. The zero-order chi connectivity index (χ0) is 12.3. The number of carbonyl (C=O) groups excluding carboxylic acids is 1. The number of thiophene rings is 1. The lowest BCUT2D eigenvalue weighted by Crippen LogP contribution is -2.34. The summed E-state index contributed by atoms with van der Waals surface area (Å²) < 4.78 is 0. The van der Waals surface area contributed by atoms with Crippen LogP contribution in [-0.2, 0) is 4.79 Å². The molecule has 0 aliphatic carbocycles. The van der Waals surface area contributed by atoms with Gasteiger partial charge >= 0.3 is 0 Å². The number of carbonyl (C=O) groups is 1.